The number of nitrogens with one attached hydrogen (secondary N) is 1. The average molecular weight is 538 g/mol. The first-order valence-electron chi connectivity index (χ1n) is 12.1. The second-order valence-corrected chi connectivity index (χ2v) is 10.0. The number of hydrogen-bond donors (Lipinski definition) is 1. The van der Waals surface area contributed by atoms with E-state index in [9.17, 15) is 35.9 Å². The molecule has 3 amide bonds. The van der Waals surface area contributed by atoms with Gasteiger partial charge in [0.15, 0.2) is 0 Å². The lowest BCUT2D eigenvalue weighted by atomic mass is 9.85. The van der Waals surface area contributed by atoms with Crippen LogP contribution < -0.4 is 5.32 Å². The van der Waals surface area contributed by atoms with Gasteiger partial charge >= 0.3 is 18.4 Å². The highest BCUT2D eigenvalue weighted by molar-refractivity contribution is 5.86. The molecular weight excluding hydrogens is 514 g/mol. The number of fused-ring (bicyclic) bond motifs is 2. The van der Waals surface area contributed by atoms with Crippen molar-refractivity contribution in [3.05, 3.63) is 65.0 Å². The van der Waals surface area contributed by atoms with Gasteiger partial charge in [-0.15, -0.1) is 0 Å². The van der Waals surface area contributed by atoms with Crippen LogP contribution in [0.2, 0.25) is 0 Å². The van der Waals surface area contributed by atoms with Crippen LogP contribution in [-0.2, 0) is 17.4 Å². The molecule has 3 aliphatic rings. The van der Waals surface area contributed by atoms with Gasteiger partial charge in [-0.25, -0.2) is 4.79 Å². The fourth-order valence-corrected chi connectivity index (χ4v) is 5.60. The summed E-state index contributed by atoms with van der Waals surface area (Å²) in [5.41, 5.74) is -3.08. The number of alkyl halides is 6. The van der Waals surface area contributed by atoms with E-state index >= 15 is 0 Å². The first-order chi connectivity index (χ1) is 17.8. The minimum atomic E-state index is -4.65. The molecule has 1 aromatic heterocycles. The lowest BCUT2D eigenvalue weighted by molar-refractivity contribution is -0.137. The molecule has 1 N–H and O–H groups in total. The fraction of sp³-hybridized carbons (Fsp3) is 0.423. The maximum atomic E-state index is 13.8. The van der Waals surface area contributed by atoms with E-state index < -0.39 is 47.0 Å². The third-order valence-corrected chi connectivity index (χ3v) is 7.34. The quantitative estimate of drug-likeness (QED) is 0.537. The topological polar surface area (TPSA) is 65.5 Å². The number of aromatic nitrogens is 1. The smallest absolute Gasteiger partial charge is 0.342 e. The summed E-state index contributed by atoms with van der Waals surface area (Å²) in [7, 11) is 0. The molecular formula is C26H24F6N4O2. The molecule has 6 nitrogen and oxygen atoms in total. The Bertz CT molecular complexity index is 1360. The number of amides is 3. The van der Waals surface area contributed by atoms with Gasteiger partial charge in [0.2, 0.25) is 5.91 Å². The largest absolute Gasteiger partial charge is 0.418 e. The fourth-order valence-electron chi connectivity index (χ4n) is 5.60. The van der Waals surface area contributed by atoms with Crippen molar-refractivity contribution in [2.24, 2.45) is 0 Å². The molecule has 1 aromatic carbocycles. The Kier molecular flexibility index (Phi) is 6.18. The second kappa shape index (κ2) is 9.02. The number of hydrogen-bond acceptors (Lipinski definition) is 3. The van der Waals surface area contributed by atoms with Gasteiger partial charge in [0, 0.05) is 30.7 Å². The van der Waals surface area contributed by atoms with Gasteiger partial charge in [-0.05, 0) is 49.9 Å². The highest BCUT2D eigenvalue weighted by Gasteiger charge is 2.53. The van der Waals surface area contributed by atoms with Crippen LogP contribution in [0.15, 0.2) is 53.9 Å². The number of allylic oxidation sites excluding steroid dienone is 2. The van der Waals surface area contributed by atoms with E-state index in [2.05, 4.69) is 10.3 Å². The lowest BCUT2D eigenvalue weighted by Crippen LogP contribution is -2.48. The van der Waals surface area contributed by atoms with Crippen LogP contribution >= 0.6 is 0 Å². The van der Waals surface area contributed by atoms with E-state index in [4.69, 9.17) is 0 Å². The van der Waals surface area contributed by atoms with Crippen LogP contribution in [0.4, 0.5) is 31.1 Å². The van der Waals surface area contributed by atoms with E-state index in [1.54, 1.807) is 6.92 Å². The van der Waals surface area contributed by atoms with Gasteiger partial charge in [-0.3, -0.25) is 14.7 Å². The summed E-state index contributed by atoms with van der Waals surface area (Å²) in [5, 5.41) is 2.95. The molecule has 0 saturated carbocycles. The molecule has 0 radical (unpaired) electrons. The summed E-state index contributed by atoms with van der Waals surface area (Å²) in [4.78, 5) is 32.3. The molecule has 12 heteroatoms. The standard InChI is InChI=1S/C26H24F6N4O2/c1-24-8-2-5-18(25(27,28)29)22(24)36(23(38)34-24)17-6-10-35(11-7-17)20(37)14-15-12-16-4-3-9-33-21(16)19(13-15)26(30,31)32/h2-5,9,12-13,17H,6-8,10-11,14H2,1H3,(H,34,38). The molecule has 38 heavy (non-hydrogen) atoms. The monoisotopic (exact) mass is 538 g/mol. The molecule has 2 aromatic rings. The maximum Gasteiger partial charge on any atom is 0.418 e. The van der Waals surface area contributed by atoms with Crippen LogP contribution in [0, 0.1) is 0 Å². The van der Waals surface area contributed by atoms with Crippen molar-refractivity contribution in [3.8, 4) is 0 Å². The SMILES string of the molecule is CC12CC=CC(C(F)(F)F)=C1N(C1CCN(C(=O)Cc3cc(C(F)(F)F)c4ncccc4c3)CC1)C(=O)N2. The highest BCUT2D eigenvalue weighted by atomic mass is 19.4. The van der Waals surface area contributed by atoms with Gasteiger partial charge < -0.3 is 10.2 Å². The van der Waals surface area contributed by atoms with Crippen LogP contribution in [0.25, 0.3) is 10.9 Å². The van der Waals surface area contributed by atoms with Crippen molar-refractivity contribution in [1.29, 1.82) is 0 Å². The third-order valence-electron chi connectivity index (χ3n) is 7.34. The summed E-state index contributed by atoms with van der Waals surface area (Å²) < 4.78 is 82.2. The third kappa shape index (κ3) is 4.60. The van der Waals surface area contributed by atoms with Gasteiger partial charge in [0.25, 0.3) is 0 Å². The number of benzene rings is 1. The van der Waals surface area contributed by atoms with Crippen molar-refractivity contribution in [2.45, 2.75) is 56.5 Å². The highest BCUT2D eigenvalue weighted by Crippen LogP contribution is 2.44. The normalized spacial score (nSPS) is 22.8. The Morgan fingerprint density at radius 1 is 1.13 bits per heavy atom. The number of carbonyl (C=O) groups excluding carboxylic acids is 2. The molecule has 3 heterocycles. The van der Waals surface area contributed by atoms with Crippen molar-refractivity contribution < 1.29 is 35.9 Å². The Labute approximate surface area is 214 Å². The van der Waals surface area contributed by atoms with Crippen molar-refractivity contribution >= 4 is 22.8 Å². The van der Waals surface area contributed by atoms with Gasteiger partial charge in [0.05, 0.1) is 34.3 Å². The number of piperidine rings is 1. The summed E-state index contributed by atoms with van der Waals surface area (Å²) in [6.45, 7) is 1.88. The van der Waals surface area contributed by atoms with Gasteiger partial charge in [0.1, 0.15) is 0 Å². The number of likely N-dealkylation sites (tertiary alicyclic amines) is 1. The van der Waals surface area contributed by atoms with Gasteiger partial charge in [-0.2, -0.15) is 26.3 Å². The van der Waals surface area contributed by atoms with Crippen LogP contribution in [0.5, 0.6) is 0 Å². The Hall–Kier alpha value is -3.57. The van der Waals surface area contributed by atoms with Crippen molar-refractivity contribution in [3.63, 3.8) is 0 Å². The first kappa shape index (κ1) is 26.1. The summed E-state index contributed by atoms with van der Waals surface area (Å²) in [5.74, 6) is -0.397. The molecule has 1 aliphatic carbocycles. The predicted octanol–water partition coefficient (Wildman–Crippen LogP) is 5.35. The average Bonchev–Trinajstić information content (AvgIpc) is 3.12. The predicted molar refractivity (Wildman–Crippen MR) is 126 cm³/mol. The first-order valence-corrected chi connectivity index (χ1v) is 12.1. The minimum Gasteiger partial charge on any atom is -0.342 e. The van der Waals surface area contributed by atoms with E-state index in [1.807, 2.05) is 0 Å². The van der Waals surface area contributed by atoms with E-state index in [-0.39, 0.29) is 60.9 Å². The Morgan fingerprint density at radius 2 is 1.84 bits per heavy atom. The molecule has 5 rings (SSSR count). The molecule has 2 aliphatic heterocycles. The molecule has 2 fully saturated rings. The van der Waals surface area contributed by atoms with Crippen LogP contribution in [0.3, 0.4) is 0 Å². The van der Waals surface area contributed by atoms with Crippen molar-refractivity contribution in [2.75, 3.05) is 13.1 Å². The molecule has 1 atom stereocenters. The number of rotatable bonds is 3. The zero-order valence-corrected chi connectivity index (χ0v) is 20.3. The summed E-state index contributed by atoms with van der Waals surface area (Å²) in [6.07, 6.45) is -5.19. The maximum absolute atomic E-state index is 13.8. The molecule has 202 valence electrons. The van der Waals surface area contributed by atoms with Crippen LogP contribution in [0.1, 0.15) is 37.3 Å². The number of halogens is 6. The van der Waals surface area contributed by atoms with E-state index in [0.717, 1.165) is 12.1 Å². The van der Waals surface area contributed by atoms with Gasteiger partial charge in [-0.1, -0.05) is 18.2 Å². The molecule has 1 unspecified atom stereocenters. The number of urea groups is 1. The van der Waals surface area contributed by atoms with Crippen molar-refractivity contribution in [1.82, 2.24) is 20.1 Å². The lowest BCUT2D eigenvalue weighted by Gasteiger charge is -2.39. The summed E-state index contributed by atoms with van der Waals surface area (Å²) >= 11 is 0. The minimum absolute atomic E-state index is 0.105. The van der Waals surface area contributed by atoms with E-state index in [0.29, 0.717) is 0 Å². The number of carbonyl (C=O) groups is 2. The second-order valence-electron chi connectivity index (χ2n) is 10.0. The molecule has 0 bridgehead atoms. The zero-order valence-electron chi connectivity index (χ0n) is 20.3. The number of pyridine rings is 1. The summed E-state index contributed by atoms with van der Waals surface area (Å²) in [6, 6.07) is 4.28. The molecule has 2 saturated heterocycles. The van der Waals surface area contributed by atoms with E-state index in [1.165, 1.54) is 40.3 Å². The van der Waals surface area contributed by atoms with Crippen LogP contribution in [-0.4, -0.2) is 57.6 Å². The number of nitrogens with zero attached hydrogens (tertiary/aromatic N) is 3. The Morgan fingerprint density at radius 3 is 2.50 bits per heavy atom. The Balaban J connectivity index is 1.32. The zero-order chi connectivity index (χ0) is 27.5. The molecule has 0 spiro atoms.